The lowest BCUT2D eigenvalue weighted by Gasteiger charge is -2.36. The van der Waals surface area contributed by atoms with E-state index in [-0.39, 0.29) is 41.4 Å². The number of phosphoric acid groups is 1. The lowest BCUT2D eigenvalue weighted by atomic mass is 9.85. The summed E-state index contributed by atoms with van der Waals surface area (Å²) in [6.45, 7) is -1.58. The SMILES string of the molecule is [2H]c1c(O)c([C@H]2CCN(C([2H])[2H])C[C@H]2OP(=O)(O)O)c2oc(-c3ccccc3Cl)cc(=O)c2c1O. The second kappa shape index (κ2) is 8.51. The van der Waals surface area contributed by atoms with E-state index in [1.807, 2.05) is 0 Å². The predicted octanol–water partition coefficient (Wildman–Crippen LogP) is 3.42. The molecule has 0 spiro atoms. The molecule has 0 amide bonds. The van der Waals surface area contributed by atoms with E-state index in [2.05, 4.69) is 0 Å². The average Bonchev–Trinajstić information content (AvgIpc) is 2.77. The summed E-state index contributed by atoms with van der Waals surface area (Å²) >= 11 is 6.24. The molecule has 2 heterocycles. The van der Waals surface area contributed by atoms with Gasteiger partial charge in [-0.05, 0) is 32.1 Å². The van der Waals surface area contributed by atoms with Gasteiger partial charge >= 0.3 is 7.82 Å². The number of likely N-dealkylation sites (N-methyl/N-ethyl adjacent to an activating group) is 1. The number of hydrogen-bond donors (Lipinski definition) is 4. The van der Waals surface area contributed by atoms with Crippen LogP contribution in [-0.2, 0) is 9.09 Å². The number of halogens is 1. The zero-order valence-corrected chi connectivity index (χ0v) is 18.1. The van der Waals surface area contributed by atoms with Gasteiger partial charge in [-0.25, -0.2) is 4.57 Å². The van der Waals surface area contributed by atoms with Crippen molar-refractivity contribution >= 4 is 30.4 Å². The first kappa shape index (κ1) is 19.1. The van der Waals surface area contributed by atoms with Crippen molar-refractivity contribution in [1.29, 1.82) is 0 Å². The van der Waals surface area contributed by atoms with Gasteiger partial charge in [-0.3, -0.25) is 9.32 Å². The smallest absolute Gasteiger partial charge is 0.469 e. The molecule has 3 aromatic rings. The van der Waals surface area contributed by atoms with Crippen LogP contribution in [0.1, 0.15) is 22.0 Å². The van der Waals surface area contributed by atoms with Crippen molar-refractivity contribution < 1.29 is 37.6 Å². The van der Waals surface area contributed by atoms with Crippen LogP contribution in [0.5, 0.6) is 11.5 Å². The van der Waals surface area contributed by atoms with Gasteiger partial charge in [0.25, 0.3) is 0 Å². The maximum atomic E-state index is 13.0. The summed E-state index contributed by atoms with van der Waals surface area (Å²) in [7, 11) is -5.06. The molecular weight excluding hydrogens is 461 g/mol. The molecule has 1 aromatic heterocycles. The van der Waals surface area contributed by atoms with Crippen molar-refractivity contribution in [2.45, 2.75) is 18.4 Å². The molecule has 1 fully saturated rings. The van der Waals surface area contributed by atoms with Crippen LogP contribution in [0, 0.1) is 0 Å². The second-order valence-electron chi connectivity index (χ2n) is 7.42. The highest BCUT2D eigenvalue weighted by Crippen LogP contribution is 2.47. The maximum absolute atomic E-state index is 13.0. The molecule has 2 aromatic carbocycles. The van der Waals surface area contributed by atoms with Gasteiger partial charge in [-0.2, -0.15) is 0 Å². The van der Waals surface area contributed by atoms with Gasteiger partial charge in [0, 0.05) is 38.4 Å². The van der Waals surface area contributed by atoms with Crippen molar-refractivity contribution in [3.63, 3.8) is 0 Å². The Hall–Kier alpha value is -2.39. The number of hydrogen-bond acceptors (Lipinski definition) is 7. The first-order chi connectivity index (χ1) is 16.4. The Kier molecular flexibility index (Phi) is 5.09. The number of nitrogens with zero attached hydrogens (tertiary/aromatic N) is 1. The number of phenols is 2. The zero-order valence-electron chi connectivity index (χ0n) is 19.4. The van der Waals surface area contributed by atoms with Crippen LogP contribution in [0.3, 0.4) is 0 Å². The highest BCUT2D eigenvalue weighted by atomic mass is 35.5. The molecule has 0 aliphatic carbocycles. The molecule has 4 rings (SSSR count). The Labute approximate surface area is 191 Å². The van der Waals surface area contributed by atoms with Crippen LogP contribution in [-0.4, -0.2) is 51.1 Å². The molecule has 1 aliphatic heterocycles. The van der Waals surface area contributed by atoms with Crippen LogP contribution in [0.15, 0.2) is 45.6 Å². The van der Waals surface area contributed by atoms with Gasteiger partial charge in [0.1, 0.15) is 28.2 Å². The molecule has 9 nitrogen and oxygen atoms in total. The van der Waals surface area contributed by atoms with Crippen molar-refractivity contribution in [1.82, 2.24) is 4.90 Å². The van der Waals surface area contributed by atoms with Crippen LogP contribution in [0.2, 0.25) is 5.02 Å². The Bertz CT molecular complexity index is 1400. The number of benzene rings is 2. The van der Waals surface area contributed by atoms with E-state index >= 15 is 0 Å². The lowest BCUT2D eigenvalue weighted by Crippen LogP contribution is -2.41. The molecule has 4 N–H and O–H groups in total. The van der Waals surface area contributed by atoms with E-state index in [0.29, 0.717) is 5.56 Å². The third-order valence-corrected chi connectivity index (χ3v) is 6.17. The number of likely N-dealkylation sites (tertiary alicyclic amines) is 1. The fourth-order valence-electron chi connectivity index (χ4n) is 3.95. The second-order valence-corrected chi connectivity index (χ2v) is 9.02. The maximum Gasteiger partial charge on any atom is 0.469 e. The largest absolute Gasteiger partial charge is 0.507 e. The third kappa shape index (κ3) is 4.41. The summed E-state index contributed by atoms with van der Waals surface area (Å²) in [6.07, 6.45) is -1.30. The predicted molar refractivity (Wildman–Crippen MR) is 118 cm³/mol. The number of phenolic OH excluding ortho intramolecular Hbond substituents is 2. The van der Waals surface area contributed by atoms with E-state index in [1.165, 1.54) is 4.90 Å². The van der Waals surface area contributed by atoms with Crippen LogP contribution in [0.25, 0.3) is 22.3 Å². The fraction of sp³-hybridized carbons (Fsp3) is 0.286. The van der Waals surface area contributed by atoms with E-state index in [9.17, 15) is 29.4 Å². The summed E-state index contributed by atoms with van der Waals surface area (Å²) < 4.78 is 46.0. The lowest BCUT2D eigenvalue weighted by molar-refractivity contribution is 0.0544. The molecule has 2 atom stereocenters. The molecule has 32 heavy (non-hydrogen) atoms. The summed E-state index contributed by atoms with van der Waals surface area (Å²) in [5.74, 6) is -2.58. The molecule has 0 bridgehead atoms. The summed E-state index contributed by atoms with van der Waals surface area (Å²) in [6, 6.07) is 6.81. The van der Waals surface area contributed by atoms with Crippen molar-refractivity contribution in [3.8, 4) is 22.8 Å². The summed E-state index contributed by atoms with van der Waals surface area (Å²) in [5.41, 5.74) is -0.823. The Morgan fingerprint density at radius 3 is 2.75 bits per heavy atom. The highest BCUT2D eigenvalue weighted by molar-refractivity contribution is 7.46. The van der Waals surface area contributed by atoms with Gasteiger partial charge in [0.15, 0.2) is 5.43 Å². The van der Waals surface area contributed by atoms with E-state index in [1.54, 1.807) is 24.3 Å². The number of fused-ring (bicyclic) bond motifs is 1. The van der Waals surface area contributed by atoms with Crippen LogP contribution in [0.4, 0.5) is 0 Å². The highest BCUT2D eigenvalue weighted by Gasteiger charge is 2.38. The van der Waals surface area contributed by atoms with Crippen molar-refractivity contribution in [2.24, 2.45) is 0 Å². The normalized spacial score (nSPS) is 21.4. The van der Waals surface area contributed by atoms with Crippen molar-refractivity contribution in [2.75, 3.05) is 20.1 Å². The van der Waals surface area contributed by atoms with Gasteiger partial charge in [0.05, 0.1) is 12.5 Å². The average molecular weight is 485 g/mol. The standard InChI is InChI=1S/C21H21ClNO8P/c1-23-7-6-12(18(10-23)31-32(27,28)29)19-14(24)8-15(25)20-16(26)9-17(30-21(19)20)11-4-2-3-5-13(11)22/h2-5,8-9,12,18,24-25H,6-7,10H2,1H3,(H2,27,28,29)/t12-,18+/m0/s1/i1D2,8D. The Balaban J connectivity index is 1.99. The van der Waals surface area contributed by atoms with E-state index < -0.39 is 55.2 Å². The molecule has 0 saturated carbocycles. The molecule has 170 valence electrons. The van der Waals surface area contributed by atoms with Gasteiger partial charge in [-0.1, -0.05) is 23.7 Å². The first-order valence-corrected chi connectivity index (χ1v) is 11.4. The third-order valence-electron chi connectivity index (χ3n) is 5.29. The van der Waals surface area contributed by atoms with E-state index in [0.717, 1.165) is 6.07 Å². The molecule has 1 saturated heterocycles. The Morgan fingerprint density at radius 2 is 2.06 bits per heavy atom. The zero-order chi connectivity index (χ0) is 25.7. The van der Waals surface area contributed by atoms with Crippen LogP contribution >= 0.6 is 19.4 Å². The first-order valence-electron chi connectivity index (χ1n) is 11.1. The minimum Gasteiger partial charge on any atom is -0.507 e. The fourth-order valence-corrected chi connectivity index (χ4v) is 4.74. The monoisotopic (exact) mass is 484 g/mol. The van der Waals surface area contributed by atoms with Gasteiger partial charge in [-0.15, -0.1) is 0 Å². The quantitative estimate of drug-likeness (QED) is 0.410. The molecule has 11 heteroatoms. The summed E-state index contributed by atoms with van der Waals surface area (Å²) in [4.78, 5) is 33.2. The molecule has 1 aliphatic rings. The number of aromatic hydroxyl groups is 2. The minimum absolute atomic E-state index is 0.00755. The minimum atomic E-state index is -5.06. The van der Waals surface area contributed by atoms with Gasteiger partial charge in [0.2, 0.25) is 0 Å². The number of phosphoric ester groups is 1. The van der Waals surface area contributed by atoms with Crippen LogP contribution < -0.4 is 5.43 Å². The molecular formula is C21H21ClNO8P. The molecule has 0 radical (unpaired) electrons. The van der Waals surface area contributed by atoms with Gasteiger partial charge < -0.3 is 29.3 Å². The van der Waals surface area contributed by atoms with E-state index in [4.69, 9.17) is 24.7 Å². The summed E-state index contributed by atoms with van der Waals surface area (Å²) in [5, 5.41) is 21.2. The Morgan fingerprint density at radius 1 is 1.31 bits per heavy atom. The van der Waals surface area contributed by atoms with Crippen molar-refractivity contribution in [3.05, 3.63) is 57.2 Å². The topological polar surface area (TPSA) is 141 Å². The molecule has 0 unspecified atom stereocenters. The number of piperidine rings is 1. The number of rotatable bonds is 4.